The van der Waals surface area contributed by atoms with Crippen LogP contribution < -0.4 is 10.6 Å². The fraction of sp³-hybridized carbons (Fsp3) is 0.0714. The molecule has 2 N–H and O–H groups in total. The molecule has 0 saturated carbocycles. The van der Waals surface area contributed by atoms with Gasteiger partial charge < -0.3 is 10.6 Å². The van der Waals surface area contributed by atoms with E-state index in [0.717, 1.165) is 12.1 Å². The van der Waals surface area contributed by atoms with Crippen molar-refractivity contribution in [2.24, 2.45) is 0 Å². The maximum atomic E-state index is 13.4. The molecule has 2 aromatic carbocycles. The first-order valence-corrected chi connectivity index (χ1v) is 6.16. The Balaban J connectivity index is 2.09. The van der Waals surface area contributed by atoms with Crippen molar-refractivity contribution < 1.29 is 13.2 Å². The smallest absolute Gasteiger partial charge is 0.175 e. The molecule has 2 aromatic rings. The Bertz CT molecular complexity index is 603. The van der Waals surface area contributed by atoms with Crippen LogP contribution in [0.5, 0.6) is 0 Å². The van der Waals surface area contributed by atoms with Crippen molar-refractivity contribution in [1.82, 2.24) is 0 Å². The molecular weight excluding hydrogens is 285 g/mol. The highest BCUT2D eigenvalue weighted by atomic mass is 32.1. The minimum absolute atomic E-state index is 0.0589. The number of benzene rings is 2. The summed E-state index contributed by atoms with van der Waals surface area (Å²) in [5, 5.41) is 5.56. The summed E-state index contributed by atoms with van der Waals surface area (Å²) in [6.07, 6.45) is 0. The van der Waals surface area contributed by atoms with E-state index in [1.807, 2.05) is 0 Å². The SMILES string of the molecule is Cc1cc(F)ccc1NC(=S)Nc1ccc(F)cc1F. The third-order valence-electron chi connectivity index (χ3n) is 2.62. The average Bonchev–Trinajstić information content (AvgIpc) is 2.36. The molecule has 0 aliphatic rings. The molecule has 6 heteroatoms. The summed E-state index contributed by atoms with van der Waals surface area (Å²) in [7, 11) is 0. The van der Waals surface area contributed by atoms with E-state index < -0.39 is 11.6 Å². The van der Waals surface area contributed by atoms with Crippen molar-refractivity contribution in [2.45, 2.75) is 6.92 Å². The molecular formula is C14H11F3N2S. The van der Waals surface area contributed by atoms with Gasteiger partial charge in [-0.1, -0.05) is 0 Å². The molecule has 0 amide bonds. The Labute approximate surface area is 119 Å². The molecule has 20 heavy (non-hydrogen) atoms. The van der Waals surface area contributed by atoms with Gasteiger partial charge in [0.15, 0.2) is 5.11 Å². The molecule has 0 unspecified atom stereocenters. The molecule has 0 radical (unpaired) electrons. The van der Waals surface area contributed by atoms with Gasteiger partial charge in [0.05, 0.1) is 5.69 Å². The number of halogens is 3. The van der Waals surface area contributed by atoms with Gasteiger partial charge in [0.2, 0.25) is 0 Å². The van der Waals surface area contributed by atoms with Crippen molar-refractivity contribution in [2.75, 3.05) is 10.6 Å². The molecule has 0 spiro atoms. The molecule has 2 nitrogen and oxygen atoms in total. The lowest BCUT2D eigenvalue weighted by Crippen LogP contribution is -2.20. The van der Waals surface area contributed by atoms with E-state index in [9.17, 15) is 13.2 Å². The summed E-state index contributed by atoms with van der Waals surface area (Å²) in [5.74, 6) is -1.76. The standard InChI is InChI=1S/C14H11F3N2S/c1-8-6-9(15)2-4-12(8)18-14(20)19-13-5-3-10(16)7-11(13)17/h2-7H,1H3,(H2,18,19,20). The molecule has 104 valence electrons. The summed E-state index contributed by atoms with van der Waals surface area (Å²) in [5.41, 5.74) is 1.32. The van der Waals surface area contributed by atoms with Crippen LogP contribution in [0.2, 0.25) is 0 Å². The molecule has 2 rings (SSSR count). The first-order chi connectivity index (χ1) is 9.45. The zero-order chi connectivity index (χ0) is 14.7. The van der Waals surface area contributed by atoms with Gasteiger partial charge in [-0.15, -0.1) is 0 Å². The monoisotopic (exact) mass is 296 g/mol. The Kier molecular flexibility index (Phi) is 4.24. The Morgan fingerprint density at radius 1 is 0.900 bits per heavy atom. The summed E-state index contributed by atoms with van der Waals surface area (Å²) >= 11 is 5.03. The number of hydrogen-bond acceptors (Lipinski definition) is 1. The van der Waals surface area contributed by atoms with E-state index in [1.165, 1.54) is 24.3 Å². The summed E-state index contributed by atoms with van der Waals surface area (Å²) in [4.78, 5) is 0. The number of thiocarbonyl (C=S) groups is 1. The van der Waals surface area contributed by atoms with Gasteiger partial charge in [-0.3, -0.25) is 0 Å². The molecule has 0 bridgehead atoms. The number of aryl methyl sites for hydroxylation is 1. The molecule has 0 atom stereocenters. The highest BCUT2D eigenvalue weighted by molar-refractivity contribution is 7.80. The molecule has 0 aromatic heterocycles. The average molecular weight is 296 g/mol. The summed E-state index contributed by atoms with van der Waals surface area (Å²) in [6, 6.07) is 7.29. The van der Waals surface area contributed by atoms with E-state index in [4.69, 9.17) is 12.2 Å². The minimum Gasteiger partial charge on any atom is -0.332 e. The zero-order valence-electron chi connectivity index (χ0n) is 10.5. The third kappa shape index (κ3) is 3.48. The lowest BCUT2D eigenvalue weighted by atomic mass is 10.2. The Hall–Kier alpha value is -2.08. The van der Waals surface area contributed by atoms with Gasteiger partial charge in [-0.25, -0.2) is 13.2 Å². The van der Waals surface area contributed by atoms with E-state index in [0.29, 0.717) is 11.3 Å². The second kappa shape index (κ2) is 5.92. The predicted octanol–water partition coefficient (Wildman–Crippen LogP) is 4.22. The Morgan fingerprint density at radius 2 is 1.45 bits per heavy atom. The van der Waals surface area contributed by atoms with Crippen LogP contribution in [0.4, 0.5) is 24.5 Å². The van der Waals surface area contributed by atoms with E-state index in [1.54, 1.807) is 6.92 Å². The highest BCUT2D eigenvalue weighted by Crippen LogP contribution is 2.18. The number of nitrogens with one attached hydrogen (secondary N) is 2. The lowest BCUT2D eigenvalue weighted by molar-refractivity contribution is 0.586. The van der Waals surface area contributed by atoms with Crippen LogP contribution in [0.25, 0.3) is 0 Å². The van der Waals surface area contributed by atoms with Gasteiger partial charge in [0.1, 0.15) is 17.5 Å². The molecule has 0 heterocycles. The fourth-order valence-electron chi connectivity index (χ4n) is 1.63. The van der Waals surface area contributed by atoms with Crippen LogP contribution in [0.15, 0.2) is 36.4 Å². The molecule has 0 fully saturated rings. The maximum absolute atomic E-state index is 13.4. The van der Waals surface area contributed by atoms with Crippen LogP contribution in [-0.2, 0) is 0 Å². The first-order valence-electron chi connectivity index (χ1n) is 5.75. The maximum Gasteiger partial charge on any atom is 0.175 e. The highest BCUT2D eigenvalue weighted by Gasteiger charge is 2.07. The van der Waals surface area contributed by atoms with Crippen LogP contribution in [0.3, 0.4) is 0 Å². The zero-order valence-corrected chi connectivity index (χ0v) is 11.3. The van der Waals surface area contributed by atoms with Crippen molar-refractivity contribution in [1.29, 1.82) is 0 Å². The second-order valence-corrected chi connectivity index (χ2v) is 4.57. The van der Waals surface area contributed by atoms with E-state index >= 15 is 0 Å². The predicted molar refractivity (Wildman–Crippen MR) is 77.3 cm³/mol. The van der Waals surface area contributed by atoms with Crippen molar-refractivity contribution in [3.63, 3.8) is 0 Å². The van der Waals surface area contributed by atoms with Crippen LogP contribution in [0, 0.1) is 24.4 Å². The largest absolute Gasteiger partial charge is 0.332 e. The van der Waals surface area contributed by atoms with Gasteiger partial charge in [-0.2, -0.15) is 0 Å². The summed E-state index contributed by atoms with van der Waals surface area (Å²) in [6.45, 7) is 1.71. The van der Waals surface area contributed by atoms with Crippen molar-refractivity contribution >= 4 is 28.7 Å². The van der Waals surface area contributed by atoms with Gasteiger partial charge in [0, 0.05) is 11.8 Å². The van der Waals surface area contributed by atoms with Gasteiger partial charge >= 0.3 is 0 Å². The van der Waals surface area contributed by atoms with Crippen molar-refractivity contribution in [3.05, 3.63) is 59.4 Å². The molecule has 0 saturated heterocycles. The van der Waals surface area contributed by atoms with Crippen LogP contribution in [0.1, 0.15) is 5.56 Å². The Morgan fingerprint density at radius 3 is 2.05 bits per heavy atom. The fourth-order valence-corrected chi connectivity index (χ4v) is 1.85. The van der Waals surface area contributed by atoms with Gasteiger partial charge in [-0.05, 0) is 55.0 Å². The second-order valence-electron chi connectivity index (χ2n) is 4.16. The number of hydrogen-bond donors (Lipinski definition) is 2. The normalized spacial score (nSPS) is 10.2. The number of rotatable bonds is 2. The topological polar surface area (TPSA) is 24.1 Å². The van der Waals surface area contributed by atoms with Crippen molar-refractivity contribution in [3.8, 4) is 0 Å². The lowest BCUT2D eigenvalue weighted by Gasteiger charge is -2.13. The number of anilines is 2. The molecule has 0 aliphatic heterocycles. The third-order valence-corrected chi connectivity index (χ3v) is 2.82. The first kappa shape index (κ1) is 14.3. The van der Waals surface area contributed by atoms with E-state index in [2.05, 4.69) is 10.6 Å². The summed E-state index contributed by atoms with van der Waals surface area (Å²) < 4.78 is 39.2. The van der Waals surface area contributed by atoms with E-state index in [-0.39, 0.29) is 16.6 Å². The van der Waals surface area contributed by atoms with Crippen LogP contribution in [-0.4, -0.2) is 5.11 Å². The van der Waals surface area contributed by atoms with Crippen LogP contribution >= 0.6 is 12.2 Å². The van der Waals surface area contributed by atoms with Gasteiger partial charge in [0.25, 0.3) is 0 Å². The minimum atomic E-state index is -0.745. The quantitative estimate of drug-likeness (QED) is 0.811. The molecule has 0 aliphatic carbocycles.